The number of aromatic nitrogens is 3. The molecule has 2 heterocycles. The SMILES string of the molecule is c1ccc(-c2ccc(-c3cnc(-c4ccc5c(c4)c4c6ccccc6ccc4n5-c4ccccc4)nc3)cc2)cc1. The van der Waals surface area contributed by atoms with E-state index in [4.69, 9.17) is 9.97 Å². The molecule has 0 fully saturated rings. The van der Waals surface area contributed by atoms with E-state index in [2.05, 4.69) is 138 Å². The van der Waals surface area contributed by atoms with Crippen molar-refractivity contribution in [2.75, 3.05) is 0 Å². The summed E-state index contributed by atoms with van der Waals surface area (Å²) in [5.41, 5.74) is 9.02. The zero-order valence-electron chi connectivity index (χ0n) is 22.3. The number of nitrogens with zero attached hydrogens (tertiary/aromatic N) is 3. The molecule has 0 aliphatic heterocycles. The predicted octanol–water partition coefficient (Wildman–Crippen LogP) is 9.73. The van der Waals surface area contributed by atoms with Crippen LogP contribution in [0.2, 0.25) is 0 Å². The second-order valence-electron chi connectivity index (χ2n) is 10.3. The minimum atomic E-state index is 0.720. The molecule has 0 saturated heterocycles. The molecule has 8 rings (SSSR count). The van der Waals surface area contributed by atoms with Gasteiger partial charge in [0.25, 0.3) is 0 Å². The Balaban J connectivity index is 1.23. The highest BCUT2D eigenvalue weighted by atomic mass is 15.0. The largest absolute Gasteiger partial charge is 0.309 e. The van der Waals surface area contributed by atoms with Crippen LogP contribution in [-0.2, 0) is 0 Å². The van der Waals surface area contributed by atoms with Crippen molar-refractivity contribution >= 4 is 32.6 Å². The minimum absolute atomic E-state index is 0.720. The van der Waals surface area contributed by atoms with Crippen molar-refractivity contribution in [2.45, 2.75) is 0 Å². The number of benzene rings is 6. The third kappa shape index (κ3) is 3.98. The van der Waals surface area contributed by atoms with Crippen molar-refractivity contribution in [3.05, 3.63) is 152 Å². The lowest BCUT2D eigenvalue weighted by Crippen LogP contribution is -1.93. The number of para-hydroxylation sites is 1. The van der Waals surface area contributed by atoms with Gasteiger partial charge in [-0.3, -0.25) is 0 Å². The average molecular weight is 524 g/mol. The van der Waals surface area contributed by atoms with Crippen LogP contribution in [0.1, 0.15) is 0 Å². The molecule has 0 bridgehead atoms. The Morgan fingerprint density at radius 3 is 1.76 bits per heavy atom. The Morgan fingerprint density at radius 2 is 1.00 bits per heavy atom. The molecule has 0 aliphatic rings. The third-order valence-corrected chi connectivity index (χ3v) is 7.90. The van der Waals surface area contributed by atoms with Crippen LogP contribution in [0.25, 0.3) is 71.9 Å². The molecule has 0 saturated carbocycles. The molecule has 0 aliphatic carbocycles. The number of fused-ring (bicyclic) bond motifs is 5. The number of rotatable bonds is 4. The van der Waals surface area contributed by atoms with Crippen molar-refractivity contribution in [3.8, 4) is 39.3 Å². The summed E-state index contributed by atoms with van der Waals surface area (Å²) in [5.74, 6) is 0.720. The van der Waals surface area contributed by atoms with E-state index in [0.717, 1.165) is 28.2 Å². The molecule has 192 valence electrons. The Bertz CT molecular complexity index is 2160. The fourth-order valence-electron chi connectivity index (χ4n) is 5.90. The van der Waals surface area contributed by atoms with Gasteiger partial charge in [0, 0.05) is 40.0 Å². The Morgan fingerprint density at radius 1 is 0.415 bits per heavy atom. The molecule has 3 heteroatoms. The summed E-state index contributed by atoms with van der Waals surface area (Å²) in [6.07, 6.45) is 3.85. The number of hydrogen-bond acceptors (Lipinski definition) is 2. The topological polar surface area (TPSA) is 30.7 Å². The van der Waals surface area contributed by atoms with Crippen LogP contribution in [0.5, 0.6) is 0 Å². The highest BCUT2D eigenvalue weighted by molar-refractivity contribution is 6.21. The summed E-state index contributed by atoms with van der Waals surface area (Å²) in [7, 11) is 0. The van der Waals surface area contributed by atoms with Crippen molar-refractivity contribution in [1.82, 2.24) is 14.5 Å². The normalized spacial score (nSPS) is 11.4. The van der Waals surface area contributed by atoms with E-state index in [1.165, 1.54) is 43.7 Å². The van der Waals surface area contributed by atoms with Crippen LogP contribution in [0.4, 0.5) is 0 Å². The first-order valence-corrected chi connectivity index (χ1v) is 13.8. The quantitative estimate of drug-likeness (QED) is 0.230. The standard InChI is InChI=1S/C38H25N3/c1-3-9-26(10-4-1)27-15-17-28(18-16-27)31-24-39-38(40-25-31)30-20-21-35-34(23-30)37-33-14-8-7-11-29(33)19-22-36(37)41(35)32-12-5-2-6-13-32/h1-25H. The molecule has 2 aromatic heterocycles. The van der Waals surface area contributed by atoms with E-state index < -0.39 is 0 Å². The van der Waals surface area contributed by atoms with Crippen LogP contribution < -0.4 is 0 Å². The van der Waals surface area contributed by atoms with Crippen molar-refractivity contribution < 1.29 is 0 Å². The lowest BCUT2D eigenvalue weighted by Gasteiger charge is -2.08. The van der Waals surface area contributed by atoms with Gasteiger partial charge in [0.15, 0.2) is 5.82 Å². The minimum Gasteiger partial charge on any atom is -0.309 e. The van der Waals surface area contributed by atoms with Crippen molar-refractivity contribution in [2.24, 2.45) is 0 Å². The first-order valence-electron chi connectivity index (χ1n) is 13.8. The van der Waals surface area contributed by atoms with Gasteiger partial charge in [-0.25, -0.2) is 9.97 Å². The van der Waals surface area contributed by atoms with E-state index >= 15 is 0 Å². The summed E-state index contributed by atoms with van der Waals surface area (Å²) >= 11 is 0. The Hall–Kier alpha value is -5.54. The van der Waals surface area contributed by atoms with Gasteiger partial charge < -0.3 is 4.57 Å². The highest BCUT2D eigenvalue weighted by Gasteiger charge is 2.16. The maximum absolute atomic E-state index is 4.80. The monoisotopic (exact) mass is 523 g/mol. The van der Waals surface area contributed by atoms with Gasteiger partial charge in [0.05, 0.1) is 11.0 Å². The van der Waals surface area contributed by atoms with E-state index in [1.54, 1.807) is 0 Å². The average Bonchev–Trinajstić information content (AvgIpc) is 3.40. The van der Waals surface area contributed by atoms with Gasteiger partial charge >= 0.3 is 0 Å². The first kappa shape index (κ1) is 23.4. The fourth-order valence-corrected chi connectivity index (χ4v) is 5.90. The van der Waals surface area contributed by atoms with E-state index in [1.807, 2.05) is 18.5 Å². The molecular weight excluding hydrogens is 498 g/mol. The molecule has 0 radical (unpaired) electrons. The van der Waals surface area contributed by atoms with Gasteiger partial charge in [0.2, 0.25) is 0 Å². The first-order chi connectivity index (χ1) is 20.3. The summed E-state index contributed by atoms with van der Waals surface area (Å²) in [4.78, 5) is 9.60. The summed E-state index contributed by atoms with van der Waals surface area (Å²) in [6.45, 7) is 0. The van der Waals surface area contributed by atoms with Gasteiger partial charge in [-0.15, -0.1) is 0 Å². The van der Waals surface area contributed by atoms with Crippen LogP contribution in [0.3, 0.4) is 0 Å². The van der Waals surface area contributed by atoms with E-state index in [0.29, 0.717) is 0 Å². The summed E-state index contributed by atoms with van der Waals surface area (Å²) in [6, 6.07) is 49.2. The van der Waals surface area contributed by atoms with Gasteiger partial charge in [-0.05, 0) is 63.9 Å². The zero-order chi connectivity index (χ0) is 27.2. The van der Waals surface area contributed by atoms with Crippen LogP contribution in [-0.4, -0.2) is 14.5 Å². The smallest absolute Gasteiger partial charge is 0.159 e. The number of hydrogen-bond donors (Lipinski definition) is 0. The van der Waals surface area contributed by atoms with E-state index in [-0.39, 0.29) is 0 Å². The third-order valence-electron chi connectivity index (χ3n) is 7.90. The second kappa shape index (κ2) is 9.58. The molecule has 0 amide bonds. The summed E-state index contributed by atoms with van der Waals surface area (Å²) in [5, 5.41) is 4.93. The molecule has 41 heavy (non-hydrogen) atoms. The van der Waals surface area contributed by atoms with Crippen LogP contribution in [0, 0.1) is 0 Å². The highest BCUT2D eigenvalue weighted by Crippen LogP contribution is 2.38. The Labute approximate surface area is 238 Å². The van der Waals surface area contributed by atoms with Crippen molar-refractivity contribution in [1.29, 1.82) is 0 Å². The molecule has 0 spiro atoms. The van der Waals surface area contributed by atoms with Gasteiger partial charge in [-0.2, -0.15) is 0 Å². The fraction of sp³-hybridized carbons (Fsp3) is 0. The Kier molecular flexibility index (Phi) is 5.46. The molecule has 0 unspecified atom stereocenters. The lowest BCUT2D eigenvalue weighted by atomic mass is 10.0. The maximum atomic E-state index is 4.80. The molecule has 6 aromatic carbocycles. The van der Waals surface area contributed by atoms with E-state index in [9.17, 15) is 0 Å². The molecule has 0 atom stereocenters. The van der Waals surface area contributed by atoms with Gasteiger partial charge in [-0.1, -0.05) is 103 Å². The second-order valence-corrected chi connectivity index (χ2v) is 10.3. The maximum Gasteiger partial charge on any atom is 0.159 e. The molecule has 3 nitrogen and oxygen atoms in total. The van der Waals surface area contributed by atoms with Gasteiger partial charge in [0.1, 0.15) is 0 Å². The lowest BCUT2D eigenvalue weighted by molar-refractivity contribution is 1.17. The van der Waals surface area contributed by atoms with Crippen LogP contribution in [0.15, 0.2) is 152 Å². The summed E-state index contributed by atoms with van der Waals surface area (Å²) < 4.78 is 2.35. The molecular formula is C38H25N3. The zero-order valence-corrected chi connectivity index (χ0v) is 22.3. The van der Waals surface area contributed by atoms with Crippen LogP contribution >= 0.6 is 0 Å². The van der Waals surface area contributed by atoms with Crippen molar-refractivity contribution in [3.63, 3.8) is 0 Å². The molecule has 8 aromatic rings. The molecule has 0 N–H and O–H groups in total. The predicted molar refractivity (Wildman–Crippen MR) is 170 cm³/mol.